The largest absolute Gasteiger partial charge is 0.508 e. The van der Waals surface area contributed by atoms with E-state index in [4.69, 9.17) is 0 Å². The number of phenols is 1. The van der Waals surface area contributed by atoms with Gasteiger partial charge in [0.15, 0.2) is 0 Å². The van der Waals surface area contributed by atoms with Crippen molar-refractivity contribution in [3.05, 3.63) is 89.7 Å². The molecule has 1 unspecified atom stereocenters. The molecule has 0 fully saturated rings. The van der Waals surface area contributed by atoms with Crippen molar-refractivity contribution in [3.8, 4) is 11.4 Å². The zero-order chi connectivity index (χ0) is 18.8. The predicted molar refractivity (Wildman–Crippen MR) is 109 cm³/mol. The van der Waals surface area contributed by atoms with Crippen molar-refractivity contribution >= 4 is 10.8 Å². The van der Waals surface area contributed by atoms with Crippen LogP contribution in [0.1, 0.15) is 29.8 Å². The molecule has 0 saturated carbocycles. The first-order valence-corrected chi connectivity index (χ1v) is 9.17. The number of aromatic nitrogens is 2. The molecular weight excluding hydrogens is 334 g/mol. The van der Waals surface area contributed by atoms with Crippen molar-refractivity contribution in [1.29, 1.82) is 0 Å². The van der Waals surface area contributed by atoms with Crippen LogP contribution in [0.15, 0.2) is 72.9 Å². The minimum Gasteiger partial charge on any atom is -0.508 e. The number of fused-ring (bicyclic) bond motifs is 1. The van der Waals surface area contributed by atoms with Crippen LogP contribution in [-0.4, -0.2) is 14.9 Å². The molecule has 4 heteroatoms. The van der Waals surface area contributed by atoms with Crippen LogP contribution in [0.3, 0.4) is 0 Å². The van der Waals surface area contributed by atoms with Gasteiger partial charge in [0.25, 0.3) is 0 Å². The molecule has 0 saturated heterocycles. The summed E-state index contributed by atoms with van der Waals surface area (Å²) in [6.07, 6.45) is 1.94. The van der Waals surface area contributed by atoms with Gasteiger partial charge in [-0.1, -0.05) is 48.5 Å². The molecule has 1 atom stereocenters. The molecule has 0 bridgehead atoms. The van der Waals surface area contributed by atoms with Crippen LogP contribution in [0.4, 0.5) is 0 Å². The van der Waals surface area contributed by atoms with Crippen molar-refractivity contribution in [2.45, 2.75) is 26.4 Å². The topological polar surface area (TPSA) is 50.1 Å². The summed E-state index contributed by atoms with van der Waals surface area (Å²) >= 11 is 0. The molecule has 4 aromatic rings. The highest BCUT2D eigenvalue weighted by Crippen LogP contribution is 2.26. The van der Waals surface area contributed by atoms with Gasteiger partial charge in [-0.25, -0.2) is 4.68 Å². The van der Waals surface area contributed by atoms with E-state index in [-0.39, 0.29) is 6.04 Å². The second-order valence-electron chi connectivity index (χ2n) is 6.87. The van der Waals surface area contributed by atoms with Crippen molar-refractivity contribution in [1.82, 2.24) is 15.1 Å². The summed E-state index contributed by atoms with van der Waals surface area (Å²) in [4.78, 5) is 0. The van der Waals surface area contributed by atoms with Crippen LogP contribution in [0.25, 0.3) is 16.5 Å². The van der Waals surface area contributed by atoms with E-state index in [1.807, 2.05) is 23.0 Å². The van der Waals surface area contributed by atoms with Crippen molar-refractivity contribution in [2.75, 3.05) is 0 Å². The Bertz CT molecular complexity index is 1080. The zero-order valence-corrected chi connectivity index (χ0v) is 15.6. The fourth-order valence-corrected chi connectivity index (χ4v) is 3.53. The number of hydrogen-bond acceptors (Lipinski definition) is 3. The molecule has 136 valence electrons. The minimum atomic E-state index is 0.149. The van der Waals surface area contributed by atoms with Gasteiger partial charge in [0.1, 0.15) is 5.75 Å². The molecule has 0 aliphatic rings. The van der Waals surface area contributed by atoms with E-state index in [2.05, 4.69) is 66.7 Å². The zero-order valence-electron chi connectivity index (χ0n) is 15.6. The monoisotopic (exact) mass is 357 g/mol. The van der Waals surface area contributed by atoms with E-state index in [0.717, 1.165) is 16.9 Å². The van der Waals surface area contributed by atoms with Crippen LogP contribution in [0.5, 0.6) is 5.75 Å². The second-order valence-corrected chi connectivity index (χ2v) is 6.87. The molecule has 27 heavy (non-hydrogen) atoms. The third-order valence-electron chi connectivity index (χ3n) is 5.03. The number of phenolic OH excluding ortho intramolecular Hbond substituents is 1. The van der Waals surface area contributed by atoms with E-state index in [0.29, 0.717) is 12.3 Å². The van der Waals surface area contributed by atoms with Crippen LogP contribution in [0, 0.1) is 6.92 Å². The molecule has 0 aliphatic carbocycles. The molecule has 2 N–H and O–H groups in total. The SMILES string of the molecule is Cc1c(C(C)NCc2cccc(O)c2)cnn1-c1cccc2ccccc12. The first kappa shape index (κ1) is 17.3. The summed E-state index contributed by atoms with van der Waals surface area (Å²) in [6, 6.07) is 22.2. The van der Waals surface area contributed by atoms with Gasteiger partial charge >= 0.3 is 0 Å². The summed E-state index contributed by atoms with van der Waals surface area (Å²) in [6.45, 7) is 4.94. The Morgan fingerprint density at radius 3 is 2.67 bits per heavy atom. The van der Waals surface area contributed by atoms with Gasteiger partial charge in [0.05, 0.1) is 11.9 Å². The highest BCUT2D eigenvalue weighted by atomic mass is 16.3. The molecule has 0 spiro atoms. The maximum absolute atomic E-state index is 9.61. The summed E-state index contributed by atoms with van der Waals surface area (Å²) in [5.41, 5.74) is 4.45. The lowest BCUT2D eigenvalue weighted by molar-refractivity contribution is 0.473. The van der Waals surface area contributed by atoms with Crippen LogP contribution in [-0.2, 0) is 6.54 Å². The fourth-order valence-electron chi connectivity index (χ4n) is 3.53. The lowest BCUT2D eigenvalue weighted by Gasteiger charge is -2.15. The fraction of sp³-hybridized carbons (Fsp3) is 0.174. The average Bonchev–Trinajstić information content (AvgIpc) is 3.07. The molecule has 0 aliphatic heterocycles. The van der Waals surface area contributed by atoms with Gasteiger partial charge in [0, 0.05) is 29.2 Å². The molecule has 3 aromatic carbocycles. The Morgan fingerprint density at radius 2 is 1.81 bits per heavy atom. The average molecular weight is 357 g/mol. The molecule has 4 nitrogen and oxygen atoms in total. The van der Waals surface area contributed by atoms with Crippen molar-refractivity contribution < 1.29 is 5.11 Å². The number of nitrogens with one attached hydrogen (secondary N) is 1. The highest BCUT2D eigenvalue weighted by Gasteiger charge is 2.15. The normalized spacial score (nSPS) is 12.4. The first-order chi connectivity index (χ1) is 13.1. The first-order valence-electron chi connectivity index (χ1n) is 9.17. The van der Waals surface area contributed by atoms with Crippen molar-refractivity contribution in [2.24, 2.45) is 0 Å². The maximum Gasteiger partial charge on any atom is 0.115 e. The third-order valence-corrected chi connectivity index (χ3v) is 5.03. The van der Waals surface area contributed by atoms with E-state index in [1.54, 1.807) is 12.1 Å². The van der Waals surface area contributed by atoms with Gasteiger partial charge in [0.2, 0.25) is 0 Å². The van der Waals surface area contributed by atoms with E-state index >= 15 is 0 Å². The van der Waals surface area contributed by atoms with Crippen LogP contribution >= 0.6 is 0 Å². The third kappa shape index (κ3) is 3.44. The van der Waals surface area contributed by atoms with Gasteiger partial charge in [-0.05, 0) is 43.0 Å². The standard InChI is InChI=1S/C23H23N3O/c1-16(24-14-18-7-5-10-20(27)13-18)22-15-25-26(17(22)2)23-12-6-9-19-8-3-4-11-21(19)23/h3-13,15-16,24,27H,14H2,1-2H3. The quantitative estimate of drug-likeness (QED) is 0.535. The summed E-state index contributed by atoms with van der Waals surface area (Å²) in [7, 11) is 0. The molecule has 0 radical (unpaired) electrons. The molecule has 1 heterocycles. The summed E-state index contributed by atoms with van der Waals surface area (Å²) in [5.74, 6) is 0.293. The van der Waals surface area contributed by atoms with Gasteiger partial charge in [-0.15, -0.1) is 0 Å². The maximum atomic E-state index is 9.61. The summed E-state index contributed by atoms with van der Waals surface area (Å²) in [5, 5.41) is 20.2. The number of aromatic hydroxyl groups is 1. The lowest BCUT2D eigenvalue weighted by Crippen LogP contribution is -2.18. The number of benzene rings is 3. The Hall–Kier alpha value is -3.11. The Morgan fingerprint density at radius 1 is 1.04 bits per heavy atom. The van der Waals surface area contributed by atoms with Gasteiger partial charge in [-0.2, -0.15) is 5.10 Å². The van der Waals surface area contributed by atoms with Gasteiger partial charge < -0.3 is 10.4 Å². The van der Waals surface area contributed by atoms with Crippen LogP contribution in [0.2, 0.25) is 0 Å². The number of rotatable bonds is 5. The molecule has 1 aromatic heterocycles. The number of hydrogen-bond donors (Lipinski definition) is 2. The number of nitrogens with zero attached hydrogens (tertiary/aromatic N) is 2. The van der Waals surface area contributed by atoms with Crippen LogP contribution < -0.4 is 5.32 Å². The van der Waals surface area contributed by atoms with Crippen molar-refractivity contribution in [3.63, 3.8) is 0 Å². The van der Waals surface area contributed by atoms with E-state index < -0.39 is 0 Å². The molecule has 4 rings (SSSR count). The summed E-state index contributed by atoms with van der Waals surface area (Å²) < 4.78 is 2.02. The minimum absolute atomic E-state index is 0.149. The molecule has 0 amide bonds. The highest BCUT2D eigenvalue weighted by molar-refractivity contribution is 5.90. The lowest BCUT2D eigenvalue weighted by atomic mass is 10.1. The van der Waals surface area contributed by atoms with Gasteiger partial charge in [-0.3, -0.25) is 0 Å². The van der Waals surface area contributed by atoms with E-state index in [9.17, 15) is 5.11 Å². The smallest absolute Gasteiger partial charge is 0.115 e. The predicted octanol–water partition coefficient (Wildman–Crippen LogP) is 4.89. The van der Waals surface area contributed by atoms with E-state index in [1.165, 1.54) is 16.3 Å². The Labute approximate surface area is 159 Å². The Balaban J connectivity index is 1.60. The Kier molecular flexibility index (Phi) is 4.65. The second kappa shape index (κ2) is 7.25. The molecular formula is C23H23N3O.